The number of hydrogen-bond acceptors (Lipinski definition) is 5. The van der Waals surface area contributed by atoms with Crippen LogP contribution < -0.4 is 0 Å². The highest BCUT2D eigenvalue weighted by Crippen LogP contribution is 2.20. The number of ether oxygens (including phenoxy) is 1. The number of methoxy groups -OCH3 is 1. The lowest BCUT2D eigenvalue weighted by Gasteiger charge is -2.15. The van der Waals surface area contributed by atoms with Gasteiger partial charge < -0.3 is 14.7 Å². The van der Waals surface area contributed by atoms with Crippen LogP contribution in [0.25, 0.3) is 0 Å². The summed E-state index contributed by atoms with van der Waals surface area (Å²) >= 11 is 0. The van der Waals surface area contributed by atoms with Gasteiger partial charge >= 0.3 is 5.97 Å². The highest BCUT2D eigenvalue weighted by molar-refractivity contribution is 5.94. The molecular weight excluding hydrogens is 236 g/mol. The van der Waals surface area contributed by atoms with Gasteiger partial charge in [0.05, 0.1) is 24.8 Å². The quantitative estimate of drug-likeness (QED) is 0.769. The first-order chi connectivity index (χ1) is 8.61. The van der Waals surface area contributed by atoms with Crippen LogP contribution in [0.5, 0.6) is 5.75 Å². The SMILES string of the molecule is COC(=O)C1CCN(C(=O)c2cncc(O)c2)C1. The Balaban J connectivity index is 2.06. The van der Waals surface area contributed by atoms with E-state index in [1.54, 1.807) is 4.90 Å². The number of nitrogens with zero attached hydrogens (tertiary/aromatic N) is 2. The van der Waals surface area contributed by atoms with Crippen LogP contribution in [-0.4, -0.2) is 47.1 Å². The van der Waals surface area contributed by atoms with Gasteiger partial charge in [-0.25, -0.2) is 0 Å². The summed E-state index contributed by atoms with van der Waals surface area (Å²) in [6, 6.07) is 1.36. The van der Waals surface area contributed by atoms with Gasteiger partial charge in [-0.2, -0.15) is 0 Å². The van der Waals surface area contributed by atoms with E-state index < -0.39 is 0 Å². The van der Waals surface area contributed by atoms with Crippen LogP contribution >= 0.6 is 0 Å². The second-order valence-corrected chi connectivity index (χ2v) is 4.19. The maximum absolute atomic E-state index is 12.1. The van der Waals surface area contributed by atoms with E-state index in [1.165, 1.54) is 25.6 Å². The highest BCUT2D eigenvalue weighted by Gasteiger charge is 2.32. The minimum atomic E-state index is -0.292. The van der Waals surface area contributed by atoms with Gasteiger partial charge in [0.2, 0.25) is 0 Å². The van der Waals surface area contributed by atoms with Crippen LogP contribution in [0.1, 0.15) is 16.8 Å². The number of pyridine rings is 1. The Kier molecular flexibility index (Phi) is 3.45. The number of rotatable bonds is 2. The van der Waals surface area contributed by atoms with Gasteiger partial charge in [0.15, 0.2) is 0 Å². The van der Waals surface area contributed by atoms with Gasteiger partial charge in [0.1, 0.15) is 5.75 Å². The van der Waals surface area contributed by atoms with Crippen LogP contribution in [0.2, 0.25) is 0 Å². The molecule has 0 radical (unpaired) electrons. The lowest BCUT2D eigenvalue weighted by molar-refractivity contribution is -0.144. The molecule has 0 saturated carbocycles. The van der Waals surface area contributed by atoms with Crippen molar-refractivity contribution in [2.45, 2.75) is 6.42 Å². The smallest absolute Gasteiger partial charge is 0.310 e. The number of amides is 1. The third-order valence-corrected chi connectivity index (χ3v) is 2.98. The molecule has 0 spiro atoms. The summed E-state index contributed by atoms with van der Waals surface area (Å²) in [5, 5.41) is 9.28. The molecule has 1 N–H and O–H groups in total. The highest BCUT2D eigenvalue weighted by atomic mass is 16.5. The zero-order chi connectivity index (χ0) is 13.1. The molecule has 1 aromatic heterocycles. The summed E-state index contributed by atoms with van der Waals surface area (Å²) in [5.41, 5.74) is 0.320. The van der Waals surface area contributed by atoms with E-state index in [4.69, 9.17) is 0 Å². The molecule has 2 heterocycles. The Bertz CT molecular complexity index is 475. The Morgan fingerprint density at radius 3 is 2.94 bits per heavy atom. The van der Waals surface area contributed by atoms with Crippen molar-refractivity contribution in [3.8, 4) is 5.75 Å². The average Bonchev–Trinajstić information content (AvgIpc) is 2.86. The second kappa shape index (κ2) is 5.03. The number of carbonyl (C=O) groups excluding carboxylic acids is 2. The van der Waals surface area contributed by atoms with Crippen LogP contribution in [-0.2, 0) is 9.53 Å². The predicted octanol–water partition coefficient (Wildman–Crippen LogP) is 0.422. The van der Waals surface area contributed by atoms with Crippen molar-refractivity contribution in [1.82, 2.24) is 9.88 Å². The first kappa shape index (κ1) is 12.3. The van der Waals surface area contributed by atoms with Crippen molar-refractivity contribution >= 4 is 11.9 Å². The van der Waals surface area contributed by atoms with Gasteiger partial charge in [-0.1, -0.05) is 0 Å². The van der Waals surface area contributed by atoms with Crippen molar-refractivity contribution < 1.29 is 19.4 Å². The van der Waals surface area contributed by atoms with Crippen LogP contribution in [0.15, 0.2) is 18.5 Å². The summed E-state index contributed by atoms with van der Waals surface area (Å²) in [4.78, 5) is 28.8. The number of esters is 1. The van der Waals surface area contributed by atoms with Gasteiger partial charge in [-0.15, -0.1) is 0 Å². The Morgan fingerprint density at radius 1 is 1.50 bits per heavy atom. The fourth-order valence-corrected chi connectivity index (χ4v) is 2.03. The summed E-state index contributed by atoms with van der Waals surface area (Å²) in [5.74, 6) is -0.835. The Morgan fingerprint density at radius 2 is 2.28 bits per heavy atom. The third-order valence-electron chi connectivity index (χ3n) is 2.98. The van der Waals surface area contributed by atoms with Crippen LogP contribution in [0, 0.1) is 5.92 Å². The molecule has 1 aliphatic rings. The molecule has 0 aromatic carbocycles. The number of aromatic nitrogens is 1. The molecule has 1 atom stereocenters. The molecule has 18 heavy (non-hydrogen) atoms. The molecule has 0 bridgehead atoms. The van der Waals surface area contributed by atoms with Crippen molar-refractivity contribution in [3.05, 3.63) is 24.0 Å². The van der Waals surface area contributed by atoms with E-state index in [-0.39, 0.29) is 23.5 Å². The standard InChI is InChI=1S/C12H14N2O4/c1-18-12(17)8-2-3-14(7-8)11(16)9-4-10(15)6-13-5-9/h4-6,8,15H,2-3,7H2,1H3. The maximum atomic E-state index is 12.1. The Hall–Kier alpha value is -2.11. The lowest BCUT2D eigenvalue weighted by Crippen LogP contribution is -2.30. The van der Waals surface area contributed by atoms with E-state index in [9.17, 15) is 14.7 Å². The van der Waals surface area contributed by atoms with E-state index in [1.807, 2.05) is 0 Å². The van der Waals surface area contributed by atoms with Gasteiger partial charge in [0.25, 0.3) is 5.91 Å². The maximum Gasteiger partial charge on any atom is 0.310 e. The van der Waals surface area contributed by atoms with E-state index in [2.05, 4.69) is 9.72 Å². The van der Waals surface area contributed by atoms with Crippen LogP contribution in [0.3, 0.4) is 0 Å². The van der Waals surface area contributed by atoms with Crippen molar-refractivity contribution in [3.63, 3.8) is 0 Å². The summed E-state index contributed by atoms with van der Waals surface area (Å²) in [7, 11) is 1.34. The fourth-order valence-electron chi connectivity index (χ4n) is 2.03. The zero-order valence-electron chi connectivity index (χ0n) is 10.00. The minimum absolute atomic E-state index is 0.0513. The van der Waals surface area contributed by atoms with E-state index in [0.29, 0.717) is 25.1 Å². The molecule has 1 saturated heterocycles. The van der Waals surface area contributed by atoms with Crippen molar-refractivity contribution in [2.75, 3.05) is 20.2 Å². The van der Waals surface area contributed by atoms with Crippen molar-refractivity contribution in [2.24, 2.45) is 5.92 Å². The number of carbonyl (C=O) groups is 2. The summed E-state index contributed by atoms with van der Waals surface area (Å²) in [6.07, 6.45) is 3.26. The van der Waals surface area contributed by atoms with Gasteiger partial charge in [0, 0.05) is 19.3 Å². The molecule has 1 amide bonds. The van der Waals surface area contributed by atoms with Crippen molar-refractivity contribution in [1.29, 1.82) is 0 Å². The second-order valence-electron chi connectivity index (χ2n) is 4.19. The molecule has 0 aliphatic carbocycles. The Labute approximate surface area is 104 Å². The zero-order valence-corrected chi connectivity index (χ0v) is 10.00. The van der Waals surface area contributed by atoms with Gasteiger partial charge in [-0.05, 0) is 12.5 Å². The van der Waals surface area contributed by atoms with E-state index in [0.717, 1.165) is 0 Å². The normalized spacial score (nSPS) is 18.7. The molecular formula is C12H14N2O4. The number of aromatic hydroxyl groups is 1. The largest absolute Gasteiger partial charge is 0.506 e. The molecule has 6 heteroatoms. The third kappa shape index (κ3) is 2.42. The number of hydrogen-bond donors (Lipinski definition) is 1. The molecule has 1 fully saturated rings. The minimum Gasteiger partial charge on any atom is -0.506 e. The molecule has 6 nitrogen and oxygen atoms in total. The average molecular weight is 250 g/mol. The van der Waals surface area contributed by atoms with E-state index >= 15 is 0 Å². The first-order valence-electron chi connectivity index (χ1n) is 5.63. The summed E-state index contributed by atoms with van der Waals surface area (Å²) < 4.78 is 4.66. The molecule has 1 aliphatic heterocycles. The molecule has 1 aromatic rings. The molecule has 1 unspecified atom stereocenters. The monoisotopic (exact) mass is 250 g/mol. The van der Waals surface area contributed by atoms with Gasteiger partial charge in [-0.3, -0.25) is 14.6 Å². The number of likely N-dealkylation sites (tertiary alicyclic amines) is 1. The lowest BCUT2D eigenvalue weighted by atomic mass is 10.1. The topological polar surface area (TPSA) is 79.7 Å². The van der Waals surface area contributed by atoms with Crippen LogP contribution in [0.4, 0.5) is 0 Å². The molecule has 96 valence electrons. The first-order valence-corrected chi connectivity index (χ1v) is 5.63. The molecule has 2 rings (SSSR count). The summed E-state index contributed by atoms with van der Waals surface area (Å²) in [6.45, 7) is 0.857. The predicted molar refractivity (Wildman–Crippen MR) is 61.9 cm³/mol. The fraction of sp³-hybridized carbons (Fsp3) is 0.417.